The van der Waals surface area contributed by atoms with Crippen LogP contribution in [0.2, 0.25) is 0 Å². The van der Waals surface area contributed by atoms with Crippen molar-refractivity contribution in [1.29, 1.82) is 0 Å². The van der Waals surface area contributed by atoms with Crippen LogP contribution in [0.1, 0.15) is 13.3 Å². The molecule has 0 saturated carbocycles. The van der Waals surface area contributed by atoms with Crippen molar-refractivity contribution in [3.05, 3.63) is 42.5 Å². The molecule has 142 valence electrons. The standard InChI is InChI=1S/C19H21N3O5/c1-12(23)20-13-5-4-6-14(9-13)21-18(24)11-19(25)22-16-10-15(26-2)7-8-17(16)27-3/h4-10H,11H2,1-3H3,(H,20,23)(H,21,24)(H,22,25). The number of anilines is 3. The Morgan fingerprint density at radius 3 is 2.15 bits per heavy atom. The van der Waals surface area contributed by atoms with Crippen molar-refractivity contribution in [2.45, 2.75) is 13.3 Å². The molecule has 0 saturated heterocycles. The van der Waals surface area contributed by atoms with Crippen LogP contribution in [0.5, 0.6) is 11.5 Å². The predicted octanol–water partition coefficient (Wildman–Crippen LogP) is 2.63. The topological polar surface area (TPSA) is 106 Å². The monoisotopic (exact) mass is 371 g/mol. The number of ether oxygens (including phenoxy) is 2. The normalized spacial score (nSPS) is 9.89. The van der Waals surface area contributed by atoms with E-state index >= 15 is 0 Å². The Balaban J connectivity index is 1.98. The van der Waals surface area contributed by atoms with Crippen molar-refractivity contribution in [2.24, 2.45) is 0 Å². The van der Waals surface area contributed by atoms with E-state index in [0.717, 1.165) is 0 Å². The minimum absolute atomic E-state index is 0.218. The van der Waals surface area contributed by atoms with E-state index in [-0.39, 0.29) is 12.3 Å². The van der Waals surface area contributed by atoms with Crippen LogP contribution in [0, 0.1) is 0 Å². The average Bonchev–Trinajstić information content (AvgIpc) is 2.61. The summed E-state index contributed by atoms with van der Waals surface area (Å²) in [4.78, 5) is 35.4. The summed E-state index contributed by atoms with van der Waals surface area (Å²) in [6.45, 7) is 1.39. The van der Waals surface area contributed by atoms with Gasteiger partial charge in [0.05, 0.1) is 19.9 Å². The molecule has 3 N–H and O–H groups in total. The van der Waals surface area contributed by atoms with Gasteiger partial charge < -0.3 is 25.4 Å². The van der Waals surface area contributed by atoms with Gasteiger partial charge >= 0.3 is 0 Å². The molecule has 27 heavy (non-hydrogen) atoms. The van der Waals surface area contributed by atoms with Gasteiger partial charge in [0.15, 0.2) is 0 Å². The lowest BCUT2D eigenvalue weighted by molar-refractivity contribution is -0.123. The van der Waals surface area contributed by atoms with Gasteiger partial charge in [0, 0.05) is 24.4 Å². The van der Waals surface area contributed by atoms with Crippen molar-refractivity contribution in [1.82, 2.24) is 0 Å². The molecule has 0 aliphatic rings. The van der Waals surface area contributed by atoms with E-state index in [1.165, 1.54) is 21.1 Å². The number of carbonyl (C=O) groups excluding carboxylic acids is 3. The summed E-state index contributed by atoms with van der Waals surface area (Å²) in [6, 6.07) is 11.6. The van der Waals surface area contributed by atoms with E-state index in [1.807, 2.05) is 0 Å². The first-order chi connectivity index (χ1) is 12.9. The Kier molecular flexibility index (Phi) is 6.76. The highest BCUT2D eigenvalue weighted by Gasteiger charge is 2.13. The molecule has 0 heterocycles. The van der Waals surface area contributed by atoms with Crippen LogP contribution in [-0.2, 0) is 14.4 Å². The first kappa shape index (κ1) is 19.8. The fraction of sp³-hybridized carbons (Fsp3) is 0.211. The number of hydrogen-bond donors (Lipinski definition) is 3. The van der Waals surface area contributed by atoms with Crippen LogP contribution in [0.3, 0.4) is 0 Å². The largest absolute Gasteiger partial charge is 0.497 e. The molecule has 2 rings (SSSR count). The molecule has 0 aliphatic heterocycles. The van der Waals surface area contributed by atoms with Gasteiger partial charge in [-0.1, -0.05) is 6.07 Å². The van der Waals surface area contributed by atoms with Crippen LogP contribution in [0.15, 0.2) is 42.5 Å². The number of methoxy groups -OCH3 is 2. The third-order valence-electron chi connectivity index (χ3n) is 3.47. The molecule has 0 spiro atoms. The molecule has 8 heteroatoms. The number of rotatable bonds is 7. The summed E-state index contributed by atoms with van der Waals surface area (Å²) < 4.78 is 10.3. The summed E-state index contributed by atoms with van der Waals surface area (Å²) in [6.07, 6.45) is -0.384. The van der Waals surface area contributed by atoms with Gasteiger partial charge in [0.25, 0.3) is 0 Å². The fourth-order valence-corrected chi connectivity index (χ4v) is 2.34. The Hall–Kier alpha value is -3.55. The zero-order chi connectivity index (χ0) is 19.8. The molecule has 2 aromatic rings. The lowest BCUT2D eigenvalue weighted by Gasteiger charge is -2.12. The highest BCUT2D eigenvalue weighted by atomic mass is 16.5. The molecule has 0 radical (unpaired) electrons. The molecule has 0 aromatic heterocycles. The van der Waals surface area contributed by atoms with E-state index in [1.54, 1.807) is 42.5 Å². The number of hydrogen-bond acceptors (Lipinski definition) is 5. The summed E-state index contributed by atoms with van der Waals surface area (Å²) in [7, 11) is 2.99. The van der Waals surface area contributed by atoms with Crippen molar-refractivity contribution in [3.63, 3.8) is 0 Å². The van der Waals surface area contributed by atoms with Crippen LogP contribution in [-0.4, -0.2) is 31.9 Å². The zero-order valence-electron chi connectivity index (χ0n) is 15.3. The number of amides is 3. The Morgan fingerprint density at radius 2 is 1.52 bits per heavy atom. The molecule has 0 unspecified atom stereocenters. The van der Waals surface area contributed by atoms with E-state index in [4.69, 9.17) is 9.47 Å². The van der Waals surface area contributed by atoms with Crippen molar-refractivity contribution in [3.8, 4) is 11.5 Å². The Bertz CT molecular complexity index is 851. The molecule has 0 atom stereocenters. The maximum atomic E-state index is 12.2. The predicted molar refractivity (Wildman–Crippen MR) is 102 cm³/mol. The van der Waals surface area contributed by atoms with Gasteiger partial charge in [0.2, 0.25) is 17.7 Å². The molecular weight excluding hydrogens is 350 g/mol. The molecule has 8 nitrogen and oxygen atoms in total. The first-order valence-corrected chi connectivity index (χ1v) is 8.10. The minimum atomic E-state index is -0.503. The van der Waals surface area contributed by atoms with Crippen molar-refractivity contribution >= 4 is 34.8 Å². The third kappa shape index (κ3) is 6.03. The molecule has 0 aliphatic carbocycles. The van der Waals surface area contributed by atoms with Gasteiger partial charge in [-0.05, 0) is 30.3 Å². The van der Waals surface area contributed by atoms with E-state index in [2.05, 4.69) is 16.0 Å². The van der Waals surface area contributed by atoms with Crippen LogP contribution < -0.4 is 25.4 Å². The highest BCUT2D eigenvalue weighted by Crippen LogP contribution is 2.29. The van der Waals surface area contributed by atoms with Gasteiger partial charge in [-0.3, -0.25) is 14.4 Å². The quantitative estimate of drug-likeness (QED) is 0.649. The van der Waals surface area contributed by atoms with Gasteiger partial charge in [-0.25, -0.2) is 0 Å². The summed E-state index contributed by atoms with van der Waals surface area (Å²) in [5.41, 5.74) is 1.42. The van der Waals surface area contributed by atoms with Gasteiger partial charge in [-0.2, -0.15) is 0 Å². The lowest BCUT2D eigenvalue weighted by Crippen LogP contribution is -2.21. The molecule has 0 fully saturated rings. The molecule has 0 bridgehead atoms. The fourth-order valence-electron chi connectivity index (χ4n) is 2.34. The molecule has 2 aromatic carbocycles. The van der Waals surface area contributed by atoms with E-state index in [0.29, 0.717) is 28.6 Å². The van der Waals surface area contributed by atoms with E-state index in [9.17, 15) is 14.4 Å². The van der Waals surface area contributed by atoms with E-state index < -0.39 is 11.8 Å². The summed E-state index contributed by atoms with van der Waals surface area (Å²) in [5.74, 6) is -0.214. The summed E-state index contributed by atoms with van der Waals surface area (Å²) >= 11 is 0. The first-order valence-electron chi connectivity index (χ1n) is 8.10. The van der Waals surface area contributed by atoms with Crippen molar-refractivity contribution in [2.75, 3.05) is 30.2 Å². The minimum Gasteiger partial charge on any atom is -0.497 e. The third-order valence-corrected chi connectivity index (χ3v) is 3.47. The van der Waals surface area contributed by atoms with Crippen LogP contribution in [0.25, 0.3) is 0 Å². The maximum Gasteiger partial charge on any atom is 0.233 e. The lowest BCUT2D eigenvalue weighted by atomic mass is 10.2. The molecular formula is C19H21N3O5. The molecule has 3 amide bonds. The van der Waals surface area contributed by atoms with Crippen molar-refractivity contribution < 1.29 is 23.9 Å². The summed E-state index contributed by atoms with van der Waals surface area (Å²) in [5, 5.41) is 7.87. The number of nitrogens with one attached hydrogen (secondary N) is 3. The van der Waals surface area contributed by atoms with Gasteiger partial charge in [-0.15, -0.1) is 0 Å². The second-order valence-corrected chi connectivity index (χ2v) is 5.60. The number of benzene rings is 2. The SMILES string of the molecule is COc1ccc(OC)c(NC(=O)CC(=O)Nc2cccc(NC(C)=O)c2)c1. The number of carbonyl (C=O) groups is 3. The second-order valence-electron chi connectivity index (χ2n) is 5.60. The Morgan fingerprint density at radius 1 is 0.852 bits per heavy atom. The van der Waals surface area contributed by atoms with Crippen LogP contribution in [0.4, 0.5) is 17.1 Å². The maximum absolute atomic E-state index is 12.2. The second kappa shape index (κ2) is 9.23. The highest BCUT2D eigenvalue weighted by molar-refractivity contribution is 6.08. The van der Waals surface area contributed by atoms with Crippen LogP contribution >= 0.6 is 0 Å². The zero-order valence-corrected chi connectivity index (χ0v) is 15.3. The smallest absolute Gasteiger partial charge is 0.233 e. The average molecular weight is 371 g/mol. The Labute approximate surface area is 156 Å². The van der Waals surface area contributed by atoms with Gasteiger partial charge in [0.1, 0.15) is 17.9 Å².